The SMILES string of the molecule is CC(=O)OC[C@H]1O[C@H](Oc2ccc3c(OCc4ccccc4)c(OC(C)=O)c(=O)oc3c2)[C@@H](OC(C)=O)[C@@H](OC(C)=O)[C@@H]1OC(C)=O. The summed E-state index contributed by atoms with van der Waals surface area (Å²) in [6, 6.07) is 13.2. The van der Waals surface area contributed by atoms with E-state index < -0.39 is 78.5 Å². The predicted octanol–water partition coefficient (Wildman–Crippen LogP) is 2.76. The van der Waals surface area contributed by atoms with Crippen LogP contribution in [0.2, 0.25) is 0 Å². The van der Waals surface area contributed by atoms with Crippen LogP contribution >= 0.6 is 0 Å². The van der Waals surface area contributed by atoms with Crippen LogP contribution in [0.25, 0.3) is 11.0 Å². The number of esters is 5. The van der Waals surface area contributed by atoms with Gasteiger partial charge in [0.1, 0.15) is 30.7 Å². The molecule has 15 heteroatoms. The number of fused-ring (bicyclic) bond motifs is 1. The molecule has 0 amide bonds. The third kappa shape index (κ3) is 9.07. The fourth-order valence-electron chi connectivity index (χ4n) is 4.73. The van der Waals surface area contributed by atoms with Crippen LogP contribution in [0.4, 0.5) is 0 Å². The van der Waals surface area contributed by atoms with Gasteiger partial charge in [-0.05, 0) is 17.7 Å². The van der Waals surface area contributed by atoms with Gasteiger partial charge in [-0.1, -0.05) is 30.3 Å². The molecule has 0 radical (unpaired) electrons. The number of carbonyl (C=O) groups is 5. The van der Waals surface area contributed by atoms with Gasteiger partial charge in [0.15, 0.2) is 18.0 Å². The topological polar surface area (TPSA) is 189 Å². The van der Waals surface area contributed by atoms with Gasteiger partial charge in [-0.25, -0.2) is 4.79 Å². The van der Waals surface area contributed by atoms with Crippen molar-refractivity contribution in [2.75, 3.05) is 6.61 Å². The minimum atomic E-state index is -1.53. The van der Waals surface area contributed by atoms with Crippen molar-refractivity contribution in [3.63, 3.8) is 0 Å². The predicted molar refractivity (Wildman–Crippen MR) is 157 cm³/mol. The fraction of sp³-hybridized carbons (Fsp3) is 0.375. The highest BCUT2D eigenvalue weighted by Crippen LogP contribution is 2.37. The Labute approximate surface area is 267 Å². The van der Waals surface area contributed by atoms with E-state index in [1.165, 1.54) is 18.2 Å². The molecule has 0 bridgehead atoms. The van der Waals surface area contributed by atoms with Gasteiger partial charge in [0.25, 0.3) is 5.75 Å². The van der Waals surface area contributed by atoms with Gasteiger partial charge < -0.3 is 42.3 Å². The minimum absolute atomic E-state index is 0.01000. The van der Waals surface area contributed by atoms with Crippen molar-refractivity contribution in [1.82, 2.24) is 0 Å². The first-order chi connectivity index (χ1) is 22.3. The van der Waals surface area contributed by atoms with E-state index >= 15 is 0 Å². The molecule has 3 aromatic rings. The fourth-order valence-corrected chi connectivity index (χ4v) is 4.73. The lowest BCUT2D eigenvalue weighted by Gasteiger charge is -2.43. The number of carbonyl (C=O) groups excluding carboxylic acids is 5. The Morgan fingerprint density at radius 1 is 0.723 bits per heavy atom. The highest BCUT2D eigenvalue weighted by molar-refractivity contribution is 5.87. The highest BCUT2D eigenvalue weighted by atomic mass is 16.7. The average Bonchev–Trinajstić information content (AvgIpc) is 2.98. The van der Waals surface area contributed by atoms with Crippen molar-refractivity contribution in [1.29, 1.82) is 0 Å². The summed E-state index contributed by atoms with van der Waals surface area (Å²) < 4.78 is 49.8. The summed E-state index contributed by atoms with van der Waals surface area (Å²) in [7, 11) is 0. The summed E-state index contributed by atoms with van der Waals surface area (Å²) in [6.07, 6.45) is -7.10. The molecule has 0 spiro atoms. The molecule has 0 aliphatic carbocycles. The molecule has 250 valence electrons. The van der Waals surface area contributed by atoms with E-state index in [-0.39, 0.29) is 29.1 Å². The van der Waals surface area contributed by atoms with Crippen molar-refractivity contribution >= 4 is 40.8 Å². The molecule has 0 N–H and O–H groups in total. The molecule has 1 aromatic heterocycles. The van der Waals surface area contributed by atoms with Crippen molar-refractivity contribution in [2.45, 2.75) is 71.9 Å². The Hall–Kier alpha value is -5.44. The molecule has 2 heterocycles. The number of hydrogen-bond donors (Lipinski definition) is 0. The van der Waals surface area contributed by atoms with Gasteiger partial charge in [-0.15, -0.1) is 0 Å². The van der Waals surface area contributed by atoms with E-state index in [1.54, 1.807) is 24.3 Å². The van der Waals surface area contributed by atoms with E-state index in [0.717, 1.165) is 40.2 Å². The molecule has 1 aliphatic heterocycles. The summed E-state index contributed by atoms with van der Waals surface area (Å²) in [5, 5.41) is 0.241. The molecule has 47 heavy (non-hydrogen) atoms. The van der Waals surface area contributed by atoms with Crippen LogP contribution in [0, 0.1) is 0 Å². The second kappa shape index (κ2) is 15.2. The number of benzene rings is 2. The smallest absolute Gasteiger partial charge is 0.383 e. The first-order valence-electron chi connectivity index (χ1n) is 14.3. The maximum atomic E-state index is 12.9. The summed E-state index contributed by atoms with van der Waals surface area (Å²) in [5.74, 6) is -4.36. The molecule has 15 nitrogen and oxygen atoms in total. The van der Waals surface area contributed by atoms with E-state index in [1.807, 2.05) is 6.07 Å². The molecule has 1 aliphatic rings. The second-order valence-electron chi connectivity index (χ2n) is 10.3. The quantitative estimate of drug-likeness (QED) is 0.166. The molecule has 5 atom stereocenters. The maximum absolute atomic E-state index is 12.9. The summed E-state index contributed by atoms with van der Waals surface area (Å²) in [6.45, 7) is 5.13. The molecular weight excluding hydrogens is 624 g/mol. The maximum Gasteiger partial charge on any atom is 0.383 e. The molecule has 1 saturated heterocycles. The normalized spacial score (nSPS) is 20.4. The van der Waals surface area contributed by atoms with Crippen LogP contribution in [0.3, 0.4) is 0 Å². The first kappa shape index (κ1) is 34.4. The molecule has 0 saturated carbocycles. The van der Waals surface area contributed by atoms with Crippen LogP contribution < -0.4 is 19.8 Å². The Morgan fingerprint density at radius 2 is 1.36 bits per heavy atom. The molecular formula is C32H32O15. The van der Waals surface area contributed by atoms with Crippen LogP contribution in [0.5, 0.6) is 17.2 Å². The Morgan fingerprint density at radius 3 is 1.98 bits per heavy atom. The van der Waals surface area contributed by atoms with Gasteiger partial charge in [0.2, 0.25) is 12.4 Å². The van der Waals surface area contributed by atoms with E-state index in [4.69, 9.17) is 42.3 Å². The van der Waals surface area contributed by atoms with Crippen molar-refractivity contribution in [3.8, 4) is 17.2 Å². The van der Waals surface area contributed by atoms with Crippen LogP contribution in [-0.2, 0) is 54.3 Å². The zero-order chi connectivity index (χ0) is 34.2. The zero-order valence-electron chi connectivity index (χ0n) is 26.0. The van der Waals surface area contributed by atoms with Gasteiger partial charge in [-0.3, -0.25) is 24.0 Å². The van der Waals surface area contributed by atoms with Crippen LogP contribution in [0.15, 0.2) is 57.7 Å². The Kier molecular flexibility index (Phi) is 11.2. The van der Waals surface area contributed by atoms with Gasteiger partial charge in [-0.2, -0.15) is 0 Å². The average molecular weight is 657 g/mol. The summed E-state index contributed by atoms with van der Waals surface area (Å²) >= 11 is 0. The number of ether oxygens (including phenoxy) is 8. The standard InChI is InChI=1S/C32H32O15/c1-16(33)39-15-25-27(41-17(2)34)28(42-18(3)35)30(44-20(5)37)32(47-25)45-22-11-12-23-24(13-22)46-31(38)29(43-19(4)36)26(23)40-14-21-9-7-6-8-10-21/h6-13,25,27-28,30,32H,14-15H2,1-5H3/t25-,27-,28+,30+,32+/m1/s1. The molecule has 4 rings (SSSR count). The lowest BCUT2D eigenvalue weighted by Crippen LogP contribution is -2.63. The van der Waals surface area contributed by atoms with Crippen LogP contribution in [-0.4, -0.2) is 67.2 Å². The van der Waals surface area contributed by atoms with Crippen molar-refractivity contribution < 1.29 is 66.3 Å². The van der Waals surface area contributed by atoms with E-state index in [9.17, 15) is 28.8 Å². The number of hydrogen-bond acceptors (Lipinski definition) is 15. The van der Waals surface area contributed by atoms with Gasteiger partial charge in [0.05, 0.1) is 5.39 Å². The largest absolute Gasteiger partial charge is 0.484 e. The Balaban J connectivity index is 1.74. The highest BCUT2D eigenvalue weighted by Gasteiger charge is 2.53. The lowest BCUT2D eigenvalue weighted by atomic mass is 9.98. The van der Waals surface area contributed by atoms with Crippen LogP contribution in [0.1, 0.15) is 40.2 Å². The Bertz CT molecular complexity index is 1700. The van der Waals surface area contributed by atoms with Crippen molar-refractivity contribution in [3.05, 3.63) is 64.5 Å². The second-order valence-corrected chi connectivity index (χ2v) is 10.3. The third-order valence-electron chi connectivity index (χ3n) is 6.46. The third-order valence-corrected chi connectivity index (χ3v) is 6.46. The van der Waals surface area contributed by atoms with Crippen molar-refractivity contribution in [2.24, 2.45) is 0 Å². The minimum Gasteiger partial charge on any atom is -0.484 e. The first-order valence-corrected chi connectivity index (χ1v) is 14.3. The number of rotatable bonds is 11. The monoisotopic (exact) mass is 656 g/mol. The summed E-state index contributed by atoms with van der Waals surface area (Å²) in [5.41, 5.74) is -0.288. The van der Waals surface area contributed by atoms with Gasteiger partial charge in [0, 0.05) is 40.7 Å². The molecule has 2 aromatic carbocycles. The van der Waals surface area contributed by atoms with E-state index in [0.29, 0.717) is 0 Å². The zero-order valence-corrected chi connectivity index (χ0v) is 26.0. The van der Waals surface area contributed by atoms with E-state index in [2.05, 4.69) is 0 Å². The molecule has 1 fully saturated rings. The molecule has 0 unspecified atom stereocenters. The van der Waals surface area contributed by atoms with Gasteiger partial charge >= 0.3 is 35.5 Å². The summed E-state index contributed by atoms with van der Waals surface area (Å²) in [4.78, 5) is 72.5. The lowest BCUT2D eigenvalue weighted by molar-refractivity contribution is -0.288.